The van der Waals surface area contributed by atoms with Gasteiger partial charge >= 0.3 is 0 Å². The number of hydrogen-bond donors (Lipinski definition) is 0. The molecule has 0 saturated heterocycles. The van der Waals surface area contributed by atoms with Crippen molar-refractivity contribution in [3.8, 4) is 0 Å². The van der Waals surface area contributed by atoms with E-state index in [1.165, 1.54) is 0 Å². The van der Waals surface area contributed by atoms with Crippen molar-refractivity contribution in [2.24, 2.45) is 0 Å². The summed E-state index contributed by atoms with van der Waals surface area (Å²) in [5, 5.41) is 8.14. The van der Waals surface area contributed by atoms with E-state index in [1.807, 2.05) is 29.2 Å². The Balaban J connectivity index is 1.97. The van der Waals surface area contributed by atoms with Gasteiger partial charge in [-0.3, -0.25) is 4.98 Å². The molecular weight excluding hydrogens is 224 g/mol. The van der Waals surface area contributed by atoms with Gasteiger partial charge in [-0.05, 0) is 24.5 Å². The molecule has 0 N–H and O–H groups in total. The molecule has 0 unspecified atom stereocenters. The molecule has 0 amide bonds. The lowest BCUT2D eigenvalue weighted by Crippen LogP contribution is -2.00. The number of aryl methyl sites for hydroxylation is 1. The van der Waals surface area contributed by atoms with Gasteiger partial charge in [-0.2, -0.15) is 0 Å². The van der Waals surface area contributed by atoms with Crippen LogP contribution in [-0.2, 0) is 13.0 Å². The predicted molar refractivity (Wildman–Crippen MR) is 62.4 cm³/mol. The molecule has 0 aliphatic rings. The average Bonchev–Trinajstić information content (AvgIpc) is 2.75. The fourth-order valence-electron chi connectivity index (χ4n) is 1.46. The minimum Gasteiger partial charge on any atom is -0.264 e. The lowest BCUT2D eigenvalue weighted by atomic mass is 10.2. The maximum Gasteiger partial charge on any atom is 0.0827 e. The van der Waals surface area contributed by atoms with Crippen molar-refractivity contribution in [1.82, 2.24) is 20.0 Å². The molecule has 2 aromatic heterocycles. The summed E-state index contributed by atoms with van der Waals surface area (Å²) >= 11 is 5.62. The zero-order valence-corrected chi connectivity index (χ0v) is 9.64. The molecule has 5 heteroatoms. The summed E-state index contributed by atoms with van der Waals surface area (Å²) in [5.41, 5.74) is 2.11. The van der Waals surface area contributed by atoms with Crippen LogP contribution >= 0.6 is 11.6 Å². The number of rotatable bonds is 5. The van der Waals surface area contributed by atoms with E-state index < -0.39 is 0 Å². The molecule has 0 aromatic carbocycles. The molecule has 0 atom stereocenters. The summed E-state index contributed by atoms with van der Waals surface area (Å²) in [6.07, 6.45) is 7.38. The molecule has 0 saturated carbocycles. The van der Waals surface area contributed by atoms with Crippen LogP contribution < -0.4 is 0 Å². The molecule has 2 rings (SSSR count). The van der Waals surface area contributed by atoms with E-state index in [0.29, 0.717) is 12.4 Å². The second-order valence-electron chi connectivity index (χ2n) is 3.56. The summed E-state index contributed by atoms with van der Waals surface area (Å²) in [7, 11) is 0. The maximum absolute atomic E-state index is 5.62. The number of aromatic nitrogens is 4. The van der Waals surface area contributed by atoms with Crippen LogP contribution in [0.5, 0.6) is 0 Å². The van der Waals surface area contributed by atoms with Crippen molar-refractivity contribution < 1.29 is 0 Å². The molecule has 0 spiro atoms. The minimum atomic E-state index is 0.662. The van der Waals surface area contributed by atoms with Crippen molar-refractivity contribution >= 4 is 11.6 Å². The predicted octanol–water partition coefficient (Wildman–Crippen LogP) is 1.89. The minimum absolute atomic E-state index is 0.662. The summed E-state index contributed by atoms with van der Waals surface area (Å²) < 4.78 is 1.82. The van der Waals surface area contributed by atoms with Crippen LogP contribution in [0.4, 0.5) is 0 Å². The van der Waals surface area contributed by atoms with E-state index in [-0.39, 0.29) is 0 Å². The van der Waals surface area contributed by atoms with E-state index >= 15 is 0 Å². The first-order valence-electron chi connectivity index (χ1n) is 5.22. The topological polar surface area (TPSA) is 43.6 Å². The second kappa shape index (κ2) is 5.61. The lowest BCUT2D eigenvalue weighted by molar-refractivity contribution is 0.647. The van der Waals surface area contributed by atoms with Crippen LogP contribution in [-0.4, -0.2) is 25.9 Å². The van der Waals surface area contributed by atoms with Gasteiger partial charge in [0.05, 0.1) is 12.2 Å². The third-order valence-corrected chi connectivity index (χ3v) is 2.49. The average molecular weight is 237 g/mol. The van der Waals surface area contributed by atoms with Crippen LogP contribution in [0.25, 0.3) is 0 Å². The molecule has 0 aliphatic carbocycles. The van der Waals surface area contributed by atoms with Gasteiger partial charge in [-0.15, -0.1) is 16.7 Å². The highest BCUT2D eigenvalue weighted by molar-refractivity contribution is 6.17. The first-order chi connectivity index (χ1) is 7.88. The fraction of sp³-hybridized carbons (Fsp3) is 0.364. The number of hydrogen-bond acceptors (Lipinski definition) is 3. The smallest absolute Gasteiger partial charge is 0.0827 e. The fourth-order valence-corrected chi connectivity index (χ4v) is 1.59. The Morgan fingerprint density at radius 1 is 1.38 bits per heavy atom. The molecule has 0 fully saturated rings. The van der Waals surface area contributed by atoms with Gasteiger partial charge in [0, 0.05) is 24.5 Å². The van der Waals surface area contributed by atoms with Gasteiger partial charge in [0.25, 0.3) is 0 Å². The van der Waals surface area contributed by atoms with Gasteiger partial charge in [0.15, 0.2) is 0 Å². The Labute approximate surface area is 99.3 Å². The third-order valence-electron chi connectivity index (χ3n) is 2.22. The van der Waals surface area contributed by atoms with Gasteiger partial charge in [-0.1, -0.05) is 11.3 Å². The molecular formula is C11H13ClN4. The number of pyridine rings is 1. The SMILES string of the molecule is ClCCCc1cn(Cc2cccnc2)nn1. The van der Waals surface area contributed by atoms with Gasteiger partial charge in [0.1, 0.15) is 0 Å². The van der Waals surface area contributed by atoms with E-state index in [2.05, 4.69) is 15.3 Å². The third kappa shape index (κ3) is 3.03. The monoisotopic (exact) mass is 236 g/mol. The van der Waals surface area contributed by atoms with Crippen LogP contribution in [0.15, 0.2) is 30.7 Å². The highest BCUT2D eigenvalue weighted by Gasteiger charge is 2.01. The Bertz CT molecular complexity index is 427. The van der Waals surface area contributed by atoms with Crippen LogP contribution in [0.2, 0.25) is 0 Å². The normalized spacial score (nSPS) is 10.6. The molecule has 0 radical (unpaired) electrons. The second-order valence-corrected chi connectivity index (χ2v) is 3.94. The molecule has 0 aliphatic heterocycles. The number of halogens is 1. The summed E-state index contributed by atoms with van der Waals surface area (Å²) in [6, 6.07) is 3.94. The lowest BCUT2D eigenvalue weighted by Gasteiger charge is -1.98. The van der Waals surface area contributed by atoms with E-state index in [4.69, 9.17) is 11.6 Å². The quantitative estimate of drug-likeness (QED) is 0.745. The Morgan fingerprint density at radius 2 is 2.31 bits per heavy atom. The Kier molecular flexibility index (Phi) is 3.88. The highest BCUT2D eigenvalue weighted by Crippen LogP contribution is 2.02. The zero-order valence-electron chi connectivity index (χ0n) is 8.88. The van der Waals surface area contributed by atoms with Crippen LogP contribution in [0.3, 0.4) is 0 Å². The standard InChI is InChI=1S/C11H13ClN4/c12-5-1-4-11-9-16(15-14-11)8-10-3-2-6-13-7-10/h2-3,6-7,9H,1,4-5,8H2. The summed E-state index contributed by atoms with van der Waals surface area (Å²) in [4.78, 5) is 4.06. The van der Waals surface area contributed by atoms with Crippen LogP contribution in [0.1, 0.15) is 17.7 Å². The first kappa shape index (κ1) is 11.1. The van der Waals surface area contributed by atoms with Gasteiger partial charge in [0.2, 0.25) is 0 Å². The molecule has 4 nitrogen and oxygen atoms in total. The van der Waals surface area contributed by atoms with Crippen LogP contribution in [0, 0.1) is 0 Å². The summed E-state index contributed by atoms with van der Waals surface area (Å²) in [5.74, 6) is 0.662. The maximum atomic E-state index is 5.62. The van der Waals surface area contributed by atoms with E-state index in [1.54, 1.807) is 6.20 Å². The molecule has 0 bridgehead atoms. The number of nitrogens with zero attached hydrogens (tertiary/aromatic N) is 4. The van der Waals surface area contributed by atoms with Crippen molar-refractivity contribution in [3.05, 3.63) is 42.0 Å². The Hall–Kier alpha value is -1.42. The van der Waals surface area contributed by atoms with E-state index in [0.717, 1.165) is 24.1 Å². The van der Waals surface area contributed by atoms with Crippen molar-refractivity contribution in [2.45, 2.75) is 19.4 Å². The summed E-state index contributed by atoms with van der Waals surface area (Å²) in [6.45, 7) is 0.710. The van der Waals surface area contributed by atoms with Gasteiger partial charge in [-0.25, -0.2) is 4.68 Å². The molecule has 84 valence electrons. The van der Waals surface area contributed by atoms with Crippen molar-refractivity contribution in [2.75, 3.05) is 5.88 Å². The molecule has 2 heterocycles. The first-order valence-corrected chi connectivity index (χ1v) is 5.76. The van der Waals surface area contributed by atoms with E-state index in [9.17, 15) is 0 Å². The highest BCUT2D eigenvalue weighted by atomic mass is 35.5. The molecule has 16 heavy (non-hydrogen) atoms. The van der Waals surface area contributed by atoms with Crippen molar-refractivity contribution in [3.63, 3.8) is 0 Å². The zero-order chi connectivity index (χ0) is 11.2. The molecule has 2 aromatic rings. The Morgan fingerprint density at radius 3 is 3.06 bits per heavy atom. The number of alkyl halides is 1. The van der Waals surface area contributed by atoms with Gasteiger partial charge < -0.3 is 0 Å². The largest absolute Gasteiger partial charge is 0.264 e. The van der Waals surface area contributed by atoms with Crippen molar-refractivity contribution in [1.29, 1.82) is 0 Å².